The molecule has 3 atom stereocenters. The number of hydrogen-bond donors (Lipinski definition) is 1. The number of nitrogens with one attached hydrogen (secondary N) is 1. The standard InChI is InChI=1S/C19H16BrNO2.CH4/c20-15-9-18-17(22-10-23-18)8-14(15)19-13-6-3-5-11(13)12-4-1-2-7-16(12)21-19;/h1-5,7-9,11,13,19,21H,6,10H2;1H4/t11-,13-,19?;/m0./s1. The lowest BCUT2D eigenvalue weighted by Crippen LogP contribution is -2.29. The summed E-state index contributed by atoms with van der Waals surface area (Å²) < 4.78 is 12.1. The third-order valence-corrected chi connectivity index (χ3v) is 5.79. The first-order valence-electron chi connectivity index (χ1n) is 7.92. The SMILES string of the molecule is Brc1cc2c(cc1C1Nc3ccccc3[C@@H]3C=CC[C@H]13)OCO2.C. The van der Waals surface area contributed by atoms with Crippen molar-refractivity contribution in [1.29, 1.82) is 0 Å². The van der Waals surface area contributed by atoms with Crippen molar-refractivity contribution in [3.63, 3.8) is 0 Å². The Hall–Kier alpha value is -1.94. The Bertz CT molecular complexity index is 817. The van der Waals surface area contributed by atoms with E-state index in [0.29, 0.717) is 18.6 Å². The maximum absolute atomic E-state index is 5.58. The maximum atomic E-state index is 5.58. The molecule has 2 aliphatic heterocycles. The molecule has 0 bridgehead atoms. The molecule has 0 saturated carbocycles. The summed E-state index contributed by atoms with van der Waals surface area (Å²) in [6, 6.07) is 13.0. The molecular formula is C20H20BrNO2. The minimum Gasteiger partial charge on any atom is -0.454 e. The Morgan fingerprint density at radius 3 is 2.71 bits per heavy atom. The molecule has 1 unspecified atom stereocenters. The number of hydrogen-bond acceptors (Lipinski definition) is 3. The van der Waals surface area contributed by atoms with E-state index in [0.717, 1.165) is 22.4 Å². The van der Waals surface area contributed by atoms with Gasteiger partial charge in [0.2, 0.25) is 6.79 Å². The van der Waals surface area contributed by atoms with Crippen molar-refractivity contribution in [2.24, 2.45) is 5.92 Å². The van der Waals surface area contributed by atoms with Crippen LogP contribution in [0.3, 0.4) is 0 Å². The van der Waals surface area contributed by atoms with Crippen LogP contribution in [0.5, 0.6) is 11.5 Å². The monoisotopic (exact) mass is 385 g/mol. The summed E-state index contributed by atoms with van der Waals surface area (Å²) in [7, 11) is 0. The largest absolute Gasteiger partial charge is 0.454 e. The number of rotatable bonds is 1. The number of anilines is 1. The molecular weight excluding hydrogens is 366 g/mol. The number of fused-ring (bicyclic) bond motifs is 4. The van der Waals surface area contributed by atoms with Crippen LogP contribution in [0.1, 0.15) is 36.9 Å². The van der Waals surface area contributed by atoms with Crippen LogP contribution in [-0.4, -0.2) is 6.79 Å². The molecule has 2 heterocycles. The molecule has 0 aromatic heterocycles. The molecule has 124 valence electrons. The second-order valence-electron chi connectivity index (χ2n) is 6.29. The zero-order valence-corrected chi connectivity index (χ0v) is 14.0. The lowest BCUT2D eigenvalue weighted by atomic mass is 9.77. The van der Waals surface area contributed by atoms with Crippen LogP contribution in [0.2, 0.25) is 0 Å². The highest BCUT2D eigenvalue weighted by atomic mass is 79.9. The lowest BCUT2D eigenvalue weighted by Gasteiger charge is -2.38. The van der Waals surface area contributed by atoms with Crippen molar-refractivity contribution in [2.75, 3.05) is 12.1 Å². The normalized spacial score (nSPS) is 25.5. The average molecular weight is 386 g/mol. The van der Waals surface area contributed by atoms with Crippen LogP contribution in [0.4, 0.5) is 5.69 Å². The summed E-state index contributed by atoms with van der Waals surface area (Å²) in [4.78, 5) is 0. The summed E-state index contributed by atoms with van der Waals surface area (Å²) in [6.07, 6.45) is 5.77. The third-order valence-electron chi connectivity index (χ3n) is 5.10. The molecule has 2 aromatic carbocycles. The van der Waals surface area contributed by atoms with Crippen LogP contribution in [0, 0.1) is 5.92 Å². The highest BCUT2D eigenvalue weighted by Crippen LogP contribution is 2.52. The fourth-order valence-electron chi connectivity index (χ4n) is 4.02. The number of ether oxygens (including phenoxy) is 2. The zero-order valence-electron chi connectivity index (χ0n) is 12.5. The molecule has 0 spiro atoms. The average Bonchev–Trinajstić information content (AvgIpc) is 3.22. The first-order valence-corrected chi connectivity index (χ1v) is 8.72. The first-order chi connectivity index (χ1) is 11.3. The predicted molar refractivity (Wildman–Crippen MR) is 99.8 cm³/mol. The van der Waals surface area contributed by atoms with E-state index in [1.807, 2.05) is 6.07 Å². The molecule has 4 heteroatoms. The van der Waals surface area contributed by atoms with Gasteiger partial charge in [-0.05, 0) is 41.7 Å². The maximum Gasteiger partial charge on any atom is 0.231 e. The fourth-order valence-corrected chi connectivity index (χ4v) is 4.59. The molecule has 5 rings (SSSR count). The highest BCUT2D eigenvalue weighted by Gasteiger charge is 2.38. The molecule has 24 heavy (non-hydrogen) atoms. The van der Waals surface area contributed by atoms with Crippen molar-refractivity contribution in [3.05, 3.63) is 64.1 Å². The number of allylic oxidation sites excluding steroid dienone is 2. The van der Waals surface area contributed by atoms with Crippen LogP contribution in [0.15, 0.2) is 53.0 Å². The van der Waals surface area contributed by atoms with Gasteiger partial charge in [0.15, 0.2) is 11.5 Å². The molecule has 2 aromatic rings. The highest BCUT2D eigenvalue weighted by molar-refractivity contribution is 9.10. The summed E-state index contributed by atoms with van der Waals surface area (Å²) in [6.45, 7) is 0.305. The van der Waals surface area contributed by atoms with E-state index < -0.39 is 0 Å². The summed E-state index contributed by atoms with van der Waals surface area (Å²) in [5.74, 6) is 2.67. The summed E-state index contributed by atoms with van der Waals surface area (Å²) in [5.41, 5.74) is 3.87. The van der Waals surface area contributed by atoms with Gasteiger partial charge in [0, 0.05) is 16.1 Å². The van der Waals surface area contributed by atoms with E-state index in [9.17, 15) is 0 Å². The van der Waals surface area contributed by atoms with E-state index >= 15 is 0 Å². The molecule has 3 aliphatic rings. The quantitative estimate of drug-likeness (QED) is 0.644. The minimum atomic E-state index is 0. The van der Waals surface area contributed by atoms with Crippen LogP contribution in [-0.2, 0) is 0 Å². The van der Waals surface area contributed by atoms with Crippen LogP contribution in [0.25, 0.3) is 0 Å². The molecule has 1 aliphatic carbocycles. The van der Waals surface area contributed by atoms with Crippen molar-refractivity contribution in [2.45, 2.75) is 25.8 Å². The second-order valence-corrected chi connectivity index (χ2v) is 7.14. The summed E-state index contributed by atoms with van der Waals surface area (Å²) in [5, 5.41) is 3.75. The number of para-hydroxylation sites is 1. The van der Waals surface area contributed by atoms with Gasteiger partial charge in [-0.2, -0.15) is 0 Å². The summed E-state index contributed by atoms with van der Waals surface area (Å²) >= 11 is 3.73. The van der Waals surface area contributed by atoms with Gasteiger partial charge in [-0.1, -0.05) is 53.7 Å². The van der Waals surface area contributed by atoms with Gasteiger partial charge in [0.1, 0.15) is 0 Å². The minimum absolute atomic E-state index is 0. The van der Waals surface area contributed by atoms with Gasteiger partial charge in [0.25, 0.3) is 0 Å². The fraction of sp³-hybridized carbons (Fsp3) is 0.300. The molecule has 3 nitrogen and oxygen atoms in total. The smallest absolute Gasteiger partial charge is 0.231 e. The molecule has 1 N–H and O–H groups in total. The molecule has 0 saturated heterocycles. The number of halogens is 1. The van der Waals surface area contributed by atoms with Crippen LogP contribution < -0.4 is 14.8 Å². The van der Waals surface area contributed by atoms with Gasteiger partial charge in [-0.15, -0.1) is 0 Å². The van der Waals surface area contributed by atoms with Crippen molar-refractivity contribution < 1.29 is 9.47 Å². The van der Waals surface area contributed by atoms with Gasteiger partial charge in [-0.25, -0.2) is 0 Å². The van der Waals surface area contributed by atoms with Crippen LogP contribution >= 0.6 is 15.9 Å². The molecule has 0 amide bonds. The van der Waals surface area contributed by atoms with Crippen molar-refractivity contribution >= 4 is 21.6 Å². The van der Waals surface area contributed by atoms with E-state index in [1.165, 1.54) is 16.8 Å². The number of benzene rings is 2. The topological polar surface area (TPSA) is 30.5 Å². The van der Waals surface area contributed by atoms with Crippen molar-refractivity contribution in [1.82, 2.24) is 0 Å². The van der Waals surface area contributed by atoms with E-state index in [2.05, 4.69) is 63.7 Å². The Morgan fingerprint density at radius 1 is 1.04 bits per heavy atom. The van der Waals surface area contributed by atoms with Gasteiger partial charge in [-0.3, -0.25) is 0 Å². The Kier molecular flexibility index (Phi) is 3.80. The Labute approximate surface area is 150 Å². The van der Waals surface area contributed by atoms with E-state index in [4.69, 9.17) is 9.47 Å². The molecule has 0 radical (unpaired) electrons. The first kappa shape index (κ1) is 15.6. The third kappa shape index (κ3) is 2.24. The second kappa shape index (κ2) is 5.85. The predicted octanol–water partition coefficient (Wildman–Crippen LogP) is 5.64. The van der Waals surface area contributed by atoms with E-state index in [-0.39, 0.29) is 13.5 Å². The van der Waals surface area contributed by atoms with Gasteiger partial charge < -0.3 is 14.8 Å². The Morgan fingerprint density at radius 2 is 1.83 bits per heavy atom. The van der Waals surface area contributed by atoms with Gasteiger partial charge in [0.05, 0.1) is 6.04 Å². The Balaban J connectivity index is 0.00000146. The van der Waals surface area contributed by atoms with Crippen molar-refractivity contribution in [3.8, 4) is 11.5 Å². The lowest BCUT2D eigenvalue weighted by molar-refractivity contribution is 0.174. The van der Waals surface area contributed by atoms with Gasteiger partial charge >= 0.3 is 0 Å². The zero-order chi connectivity index (χ0) is 15.4. The molecule has 0 fully saturated rings. The van der Waals surface area contributed by atoms with E-state index in [1.54, 1.807) is 0 Å².